The van der Waals surface area contributed by atoms with Crippen molar-refractivity contribution in [2.45, 2.75) is 25.7 Å². The molecule has 2 aromatic rings. The molecule has 0 aromatic heterocycles. The van der Waals surface area contributed by atoms with Gasteiger partial charge in [0.2, 0.25) is 0 Å². The third-order valence-electron chi connectivity index (χ3n) is 3.07. The summed E-state index contributed by atoms with van der Waals surface area (Å²) in [5.41, 5.74) is 1.24. The van der Waals surface area contributed by atoms with Crippen LogP contribution in [0.15, 0.2) is 64.8 Å². The van der Waals surface area contributed by atoms with Crippen LogP contribution in [0.1, 0.15) is 25.7 Å². The second kappa shape index (κ2) is 7.94. The van der Waals surface area contributed by atoms with E-state index >= 15 is 0 Å². The van der Waals surface area contributed by atoms with Crippen molar-refractivity contribution in [3.63, 3.8) is 0 Å². The summed E-state index contributed by atoms with van der Waals surface area (Å²) in [5, 5.41) is 17.4. The molecule has 1 N–H and O–H groups in total. The van der Waals surface area contributed by atoms with Gasteiger partial charge in [-0.05, 0) is 37.1 Å². The summed E-state index contributed by atoms with van der Waals surface area (Å²) in [6, 6.07) is 16.2. The summed E-state index contributed by atoms with van der Waals surface area (Å²) >= 11 is 0. The average molecular weight is 282 g/mol. The normalized spacial score (nSPS) is 14.0. The summed E-state index contributed by atoms with van der Waals surface area (Å²) in [7, 11) is 0. The zero-order chi connectivity index (χ0) is 14.9. The predicted molar refractivity (Wildman–Crippen MR) is 82.2 cm³/mol. The highest BCUT2D eigenvalue weighted by Crippen LogP contribution is 2.26. The van der Waals surface area contributed by atoms with Gasteiger partial charge in [-0.25, -0.2) is 0 Å². The number of para-hydroxylation sites is 1. The van der Waals surface area contributed by atoms with Crippen molar-refractivity contribution in [3.05, 3.63) is 54.6 Å². The van der Waals surface area contributed by atoms with Crippen molar-refractivity contribution in [3.8, 4) is 5.75 Å². The molecule has 0 amide bonds. The fraction of sp³-hybridized carbons (Fsp3) is 0.235. The van der Waals surface area contributed by atoms with Crippen molar-refractivity contribution in [2.24, 2.45) is 10.2 Å². The Hall–Kier alpha value is -2.49. The number of hydrogen-bond acceptors (Lipinski definition) is 4. The van der Waals surface area contributed by atoms with E-state index in [-0.39, 0.29) is 5.75 Å². The van der Waals surface area contributed by atoms with Crippen LogP contribution >= 0.6 is 0 Å². The molecule has 0 aliphatic heterocycles. The largest absolute Gasteiger partial charge is 0.506 e. The van der Waals surface area contributed by atoms with Gasteiger partial charge in [0.1, 0.15) is 17.2 Å². The van der Waals surface area contributed by atoms with Gasteiger partial charge in [0.15, 0.2) is 0 Å². The molecule has 0 saturated heterocycles. The van der Waals surface area contributed by atoms with Crippen molar-refractivity contribution in [1.29, 1.82) is 0 Å². The van der Waals surface area contributed by atoms with E-state index in [9.17, 15) is 9.90 Å². The van der Waals surface area contributed by atoms with Crippen LogP contribution in [0.2, 0.25) is 0 Å². The summed E-state index contributed by atoms with van der Waals surface area (Å²) in [6.07, 6.45) is 3.97. The van der Waals surface area contributed by atoms with E-state index in [1.807, 2.05) is 30.3 Å². The van der Waals surface area contributed by atoms with Gasteiger partial charge in [0.25, 0.3) is 0 Å². The van der Waals surface area contributed by atoms with Crippen LogP contribution < -0.4 is 0 Å². The first-order chi connectivity index (χ1) is 10.3. The third-order valence-corrected chi connectivity index (χ3v) is 3.07. The highest BCUT2D eigenvalue weighted by Gasteiger charge is 2.07. The minimum absolute atomic E-state index is 0.136. The highest BCUT2D eigenvalue weighted by molar-refractivity contribution is 5.80. The van der Waals surface area contributed by atoms with Crippen molar-refractivity contribution in [1.82, 2.24) is 0 Å². The van der Waals surface area contributed by atoms with E-state index in [1.165, 1.54) is 0 Å². The van der Waals surface area contributed by atoms with Crippen molar-refractivity contribution in [2.75, 3.05) is 0 Å². The number of nitrogens with zero attached hydrogens (tertiary/aromatic N) is 2. The lowest BCUT2D eigenvalue weighted by atomic mass is 10.3. The van der Waals surface area contributed by atoms with Crippen LogP contribution in [0.25, 0.3) is 0 Å². The van der Waals surface area contributed by atoms with E-state index < -0.39 is 0 Å². The zero-order valence-electron chi connectivity index (χ0n) is 11.8. The van der Waals surface area contributed by atoms with E-state index in [2.05, 4.69) is 10.2 Å². The highest BCUT2D eigenvalue weighted by atomic mass is 16.3. The van der Waals surface area contributed by atoms with E-state index in [0.717, 1.165) is 31.4 Å². The van der Waals surface area contributed by atoms with E-state index in [0.29, 0.717) is 11.5 Å². The monoisotopic (exact) mass is 282 g/mol. The number of benzene rings is 2. The van der Waals surface area contributed by atoms with Gasteiger partial charge in [-0.1, -0.05) is 30.3 Å². The molecule has 1 fully saturated rings. The summed E-state index contributed by atoms with van der Waals surface area (Å²) in [4.78, 5) is 10.2. The first-order valence-corrected chi connectivity index (χ1v) is 7.02. The first kappa shape index (κ1) is 14.9. The fourth-order valence-electron chi connectivity index (χ4n) is 1.92. The molecule has 2 aromatic carbocycles. The third kappa shape index (κ3) is 5.18. The van der Waals surface area contributed by atoms with Gasteiger partial charge in [0, 0.05) is 12.8 Å². The molecule has 0 unspecified atom stereocenters. The lowest BCUT2D eigenvalue weighted by Crippen LogP contribution is -1.81. The minimum Gasteiger partial charge on any atom is -0.506 e. The Labute approximate surface area is 124 Å². The Morgan fingerprint density at radius 3 is 2.00 bits per heavy atom. The SMILES string of the molecule is O=C1CCCC1.Oc1ccccc1N=Nc1ccccc1. The van der Waals surface area contributed by atoms with Gasteiger partial charge >= 0.3 is 0 Å². The zero-order valence-corrected chi connectivity index (χ0v) is 11.8. The van der Waals surface area contributed by atoms with Crippen LogP contribution in [0.5, 0.6) is 5.75 Å². The van der Waals surface area contributed by atoms with Crippen molar-refractivity contribution < 1.29 is 9.90 Å². The molecule has 0 heterocycles. The molecule has 1 aliphatic carbocycles. The molecular formula is C17H18N2O2. The molecular weight excluding hydrogens is 264 g/mol. The van der Waals surface area contributed by atoms with E-state index in [4.69, 9.17) is 0 Å². The molecule has 3 rings (SSSR count). The number of Topliss-reactive ketones (excluding diaryl/α,β-unsaturated/α-hetero) is 1. The molecule has 0 spiro atoms. The molecule has 1 saturated carbocycles. The summed E-state index contributed by atoms with van der Waals surface area (Å²) < 4.78 is 0. The van der Waals surface area contributed by atoms with E-state index in [1.54, 1.807) is 24.3 Å². The molecule has 1 aliphatic rings. The lowest BCUT2D eigenvalue weighted by molar-refractivity contribution is -0.117. The predicted octanol–water partition coefficient (Wildman–Crippen LogP) is 4.94. The maximum Gasteiger partial charge on any atom is 0.143 e. The Kier molecular flexibility index (Phi) is 5.64. The van der Waals surface area contributed by atoms with Gasteiger partial charge in [0.05, 0.1) is 5.69 Å². The number of carbonyl (C=O) groups excluding carboxylic acids is 1. The van der Waals surface area contributed by atoms with Gasteiger partial charge in [-0.3, -0.25) is 4.79 Å². The average Bonchev–Trinajstić information content (AvgIpc) is 2.99. The van der Waals surface area contributed by atoms with Crippen LogP contribution in [0.3, 0.4) is 0 Å². The van der Waals surface area contributed by atoms with Crippen LogP contribution in [0.4, 0.5) is 11.4 Å². The van der Waals surface area contributed by atoms with Crippen LogP contribution in [0, 0.1) is 0 Å². The molecule has 0 atom stereocenters. The minimum atomic E-state index is 0.136. The maximum absolute atomic E-state index is 10.2. The molecule has 21 heavy (non-hydrogen) atoms. The Balaban J connectivity index is 0.000000225. The summed E-state index contributed by atoms with van der Waals surface area (Å²) in [5.74, 6) is 0.590. The second-order valence-electron chi connectivity index (χ2n) is 4.77. The standard InChI is InChI=1S/C12H10N2O.C5H8O/c15-12-9-5-4-8-11(12)14-13-10-6-2-1-3-7-10;6-5-3-1-2-4-5/h1-9,15H;1-4H2. The molecule has 108 valence electrons. The number of phenols is 1. The Morgan fingerprint density at radius 2 is 1.43 bits per heavy atom. The lowest BCUT2D eigenvalue weighted by Gasteiger charge is -1.95. The first-order valence-electron chi connectivity index (χ1n) is 7.02. The molecule has 0 bridgehead atoms. The number of carbonyl (C=O) groups is 1. The quantitative estimate of drug-likeness (QED) is 0.793. The van der Waals surface area contributed by atoms with Gasteiger partial charge < -0.3 is 5.11 Å². The smallest absolute Gasteiger partial charge is 0.143 e. The fourth-order valence-corrected chi connectivity index (χ4v) is 1.92. The number of phenolic OH excluding ortho intramolecular Hbond substituents is 1. The summed E-state index contributed by atoms with van der Waals surface area (Å²) in [6.45, 7) is 0. The molecule has 4 heteroatoms. The number of azo groups is 1. The Morgan fingerprint density at radius 1 is 0.810 bits per heavy atom. The number of aromatic hydroxyl groups is 1. The van der Waals surface area contributed by atoms with Crippen LogP contribution in [-0.2, 0) is 4.79 Å². The number of ketones is 1. The number of rotatable bonds is 2. The number of hydrogen-bond donors (Lipinski definition) is 1. The molecule has 4 nitrogen and oxygen atoms in total. The molecule has 0 radical (unpaired) electrons. The van der Waals surface area contributed by atoms with Gasteiger partial charge in [-0.2, -0.15) is 5.11 Å². The second-order valence-corrected chi connectivity index (χ2v) is 4.77. The van der Waals surface area contributed by atoms with Crippen LogP contribution in [-0.4, -0.2) is 10.9 Å². The van der Waals surface area contributed by atoms with Gasteiger partial charge in [-0.15, -0.1) is 5.11 Å². The maximum atomic E-state index is 10.2. The topological polar surface area (TPSA) is 62.0 Å². The Bertz CT molecular complexity index is 601. The van der Waals surface area contributed by atoms with Crippen molar-refractivity contribution >= 4 is 17.2 Å².